The molecule has 1 amide bonds. The van der Waals surface area contributed by atoms with E-state index in [1.807, 2.05) is 12.1 Å². The number of pyridine rings is 1. The summed E-state index contributed by atoms with van der Waals surface area (Å²) in [4.78, 5) is 28.3. The molecule has 0 bridgehead atoms. The summed E-state index contributed by atoms with van der Waals surface area (Å²) in [5.41, 5.74) is 4.94. The van der Waals surface area contributed by atoms with E-state index in [0.29, 0.717) is 39.7 Å². The molecule has 2 fully saturated rings. The number of fused-ring (bicyclic) bond motifs is 3. The maximum Gasteiger partial charge on any atom is 0.299 e. The number of benzene rings is 2. The molecule has 6 rings (SSSR count). The van der Waals surface area contributed by atoms with Gasteiger partial charge in [0, 0.05) is 62.5 Å². The summed E-state index contributed by atoms with van der Waals surface area (Å²) in [6, 6.07) is 13.5. The lowest BCUT2D eigenvalue weighted by atomic mass is 10.1. The van der Waals surface area contributed by atoms with Gasteiger partial charge in [-0.1, -0.05) is 21.9 Å². The van der Waals surface area contributed by atoms with Gasteiger partial charge in [0.1, 0.15) is 12.4 Å². The molecule has 2 saturated heterocycles. The van der Waals surface area contributed by atoms with E-state index >= 15 is 0 Å². The van der Waals surface area contributed by atoms with Crippen molar-refractivity contribution in [3.8, 4) is 17.0 Å². The van der Waals surface area contributed by atoms with Crippen LogP contribution in [-0.4, -0.2) is 98.4 Å². The molecule has 2 aromatic carbocycles. The fourth-order valence-corrected chi connectivity index (χ4v) is 5.65. The third kappa shape index (κ3) is 5.84. The minimum Gasteiger partial charge on any atom is -0.491 e. The highest BCUT2D eigenvalue weighted by Crippen LogP contribution is 2.35. The number of morpholine rings is 1. The second-order valence-corrected chi connectivity index (χ2v) is 10.8. The second-order valence-electron chi connectivity index (χ2n) is 10.4. The van der Waals surface area contributed by atoms with Gasteiger partial charge in [-0.05, 0) is 49.5 Å². The normalized spacial score (nSPS) is 17.2. The minimum absolute atomic E-state index is 0.332. The molecule has 0 saturated carbocycles. The smallest absolute Gasteiger partial charge is 0.299 e. The molecule has 3 N–H and O–H groups in total. The van der Waals surface area contributed by atoms with Crippen LogP contribution in [0.3, 0.4) is 0 Å². The summed E-state index contributed by atoms with van der Waals surface area (Å²) in [7, 11) is 2.14. The van der Waals surface area contributed by atoms with Crippen LogP contribution in [0, 0.1) is 0 Å². The van der Waals surface area contributed by atoms with Crippen molar-refractivity contribution >= 4 is 45.1 Å². The number of halogens is 1. The molecule has 214 valence electrons. The molecule has 2 aliphatic rings. The van der Waals surface area contributed by atoms with Crippen LogP contribution in [0.4, 0.5) is 5.69 Å². The first-order valence-electron chi connectivity index (χ1n) is 13.8. The van der Waals surface area contributed by atoms with E-state index in [0.717, 1.165) is 81.2 Å². The summed E-state index contributed by atoms with van der Waals surface area (Å²) >= 11 is 6.63. The van der Waals surface area contributed by atoms with Crippen molar-refractivity contribution in [1.29, 1.82) is 0 Å². The van der Waals surface area contributed by atoms with Crippen molar-refractivity contribution in [2.45, 2.75) is 0 Å². The van der Waals surface area contributed by atoms with Crippen molar-refractivity contribution in [1.82, 2.24) is 19.8 Å². The van der Waals surface area contributed by atoms with Gasteiger partial charge in [-0.3, -0.25) is 9.69 Å². The first kappa shape index (κ1) is 27.4. The SMILES string of the molecule is CN1CCN(c2ccc3c(c2)[nH]c2c(C(=O)N=NN)cc(-c4ccc(OCCN5CCOCC5)c(Cl)c4)nc23)CC1. The third-order valence-electron chi connectivity index (χ3n) is 7.78. The number of carbonyl (C=O) groups is 1. The molecule has 0 aliphatic carbocycles. The summed E-state index contributed by atoms with van der Waals surface area (Å²) < 4.78 is 11.4. The standard InChI is InChI=1S/C29H33ClN8O3/c1-36-6-8-38(9-7-36)20-3-4-21-25(17-20)33-28-22(29(39)34-35-31)18-24(32-27(21)28)19-2-5-26(23(30)16-19)41-15-12-37-10-13-40-14-11-37/h2-5,16-18,33H,6-15H2,1H3,(H2,31,34,39). The minimum atomic E-state index is -0.554. The number of aromatic nitrogens is 2. The highest BCUT2D eigenvalue weighted by molar-refractivity contribution is 6.32. The number of piperazine rings is 1. The quantitative estimate of drug-likeness (QED) is 0.192. The third-order valence-corrected chi connectivity index (χ3v) is 8.08. The van der Waals surface area contributed by atoms with Gasteiger partial charge < -0.3 is 30.1 Å². The monoisotopic (exact) mass is 576 g/mol. The Morgan fingerprint density at radius 1 is 1.10 bits per heavy atom. The summed E-state index contributed by atoms with van der Waals surface area (Å²) in [5.74, 6) is 5.28. The Bertz CT molecular complexity index is 1590. The van der Waals surface area contributed by atoms with Gasteiger partial charge in [0.2, 0.25) is 0 Å². The van der Waals surface area contributed by atoms with Gasteiger partial charge in [0.25, 0.3) is 5.91 Å². The molecular weight excluding hydrogens is 544 g/mol. The number of hydrogen-bond donors (Lipinski definition) is 2. The molecule has 0 atom stereocenters. The van der Waals surface area contributed by atoms with Gasteiger partial charge in [0.15, 0.2) is 0 Å². The molecule has 2 aromatic heterocycles. The predicted molar refractivity (Wildman–Crippen MR) is 160 cm³/mol. The highest BCUT2D eigenvalue weighted by Gasteiger charge is 2.20. The number of hydrogen-bond acceptors (Lipinski definition) is 8. The van der Waals surface area contributed by atoms with Crippen LogP contribution in [0.2, 0.25) is 5.02 Å². The topological polar surface area (TPSA) is 125 Å². The number of nitrogens with two attached hydrogens (primary N) is 1. The van der Waals surface area contributed by atoms with Gasteiger partial charge in [-0.15, -0.1) is 0 Å². The number of aromatic amines is 1. The van der Waals surface area contributed by atoms with E-state index in [1.54, 1.807) is 12.1 Å². The Hall–Kier alpha value is -3.77. The molecule has 11 nitrogen and oxygen atoms in total. The number of likely N-dealkylation sites (N-methyl/N-ethyl adjacent to an activating group) is 1. The van der Waals surface area contributed by atoms with Gasteiger partial charge >= 0.3 is 0 Å². The van der Waals surface area contributed by atoms with Crippen LogP contribution in [0.1, 0.15) is 10.4 Å². The Labute approximate surface area is 242 Å². The first-order chi connectivity index (χ1) is 20.0. The van der Waals surface area contributed by atoms with Gasteiger partial charge in [0.05, 0.1) is 46.0 Å². The van der Waals surface area contributed by atoms with Crippen LogP contribution in [-0.2, 0) is 4.74 Å². The number of amides is 1. The summed E-state index contributed by atoms with van der Waals surface area (Å²) in [6.07, 6.45) is 0. The molecule has 0 spiro atoms. The Kier molecular flexibility index (Phi) is 8.02. The summed E-state index contributed by atoms with van der Waals surface area (Å²) in [5, 5.41) is 8.20. The summed E-state index contributed by atoms with van der Waals surface area (Å²) in [6.45, 7) is 8.57. The molecule has 4 aromatic rings. The van der Waals surface area contributed by atoms with E-state index in [1.165, 1.54) is 0 Å². The van der Waals surface area contributed by atoms with Crippen LogP contribution in [0.15, 0.2) is 52.8 Å². The Balaban J connectivity index is 1.32. The van der Waals surface area contributed by atoms with Gasteiger partial charge in [-0.2, -0.15) is 0 Å². The molecule has 12 heteroatoms. The maximum atomic E-state index is 13.0. The highest BCUT2D eigenvalue weighted by atomic mass is 35.5. The zero-order chi connectivity index (χ0) is 28.3. The molecule has 4 heterocycles. The number of nitrogens with zero attached hydrogens (tertiary/aromatic N) is 6. The van der Waals surface area contributed by atoms with Crippen LogP contribution >= 0.6 is 11.6 Å². The van der Waals surface area contributed by atoms with Crippen LogP contribution < -0.4 is 15.5 Å². The average molecular weight is 577 g/mol. The average Bonchev–Trinajstić information content (AvgIpc) is 3.36. The fraction of sp³-hybridized carbons (Fsp3) is 0.379. The largest absolute Gasteiger partial charge is 0.491 e. The number of H-pyrrole nitrogens is 1. The van der Waals surface area contributed by atoms with E-state index in [2.05, 4.69) is 55.3 Å². The van der Waals surface area contributed by atoms with Crippen molar-refractivity contribution < 1.29 is 14.3 Å². The predicted octanol–water partition coefficient (Wildman–Crippen LogP) is 3.97. The van der Waals surface area contributed by atoms with Crippen molar-refractivity contribution in [3.63, 3.8) is 0 Å². The number of carbonyl (C=O) groups excluding carboxylic acids is 1. The second kappa shape index (κ2) is 12.0. The molecule has 41 heavy (non-hydrogen) atoms. The zero-order valence-corrected chi connectivity index (χ0v) is 23.7. The van der Waals surface area contributed by atoms with Crippen molar-refractivity contribution in [2.24, 2.45) is 16.2 Å². The lowest BCUT2D eigenvalue weighted by Crippen LogP contribution is -2.44. The molecular formula is C29H33ClN8O3. The number of anilines is 1. The molecule has 2 aliphatic heterocycles. The van der Waals surface area contributed by atoms with Crippen molar-refractivity contribution in [3.05, 3.63) is 53.1 Å². The molecule has 0 unspecified atom stereocenters. The Morgan fingerprint density at radius 2 is 1.90 bits per heavy atom. The maximum absolute atomic E-state index is 13.0. The first-order valence-corrected chi connectivity index (χ1v) is 14.2. The number of rotatable bonds is 7. The van der Waals surface area contributed by atoms with E-state index in [4.69, 9.17) is 31.9 Å². The van der Waals surface area contributed by atoms with Crippen LogP contribution in [0.25, 0.3) is 33.2 Å². The van der Waals surface area contributed by atoms with Gasteiger partial charge in [-0.25, -0.2) is 4.98 Å². The number of nitrogens with one attached hydrogen (secondary N) is 1. The zero-order valence-electron chi connectivity index (χ0n) is 23.0. The Morgan fingerprint density at radius 3 is 2.66 bits per heavy atom. The fourth-order valence-electron chi connectivity index (χ4n) is 5.41. The lowest BCUT2D eigenvalue weighted by Gasteiger charge is -2.34. The van der Waals surface area contributed by atoms with E-state index < -0.39 is 5.91 Å². The van der Waals surface area contributed by atoms with Crippen molar-refractivity contribution in [2.75, 3.05) is 77.6 Å². The van der Waals surface area contributed by atoms with E-state index in [9.17, 15) is 4.79 Å². The van der Waals surface area contributed by atoms with Crippen LogP contribution in [0.5, 0.6) is 5.75 Å². The molecule has 0 radical (unpaired) electrons. The number of ether oxygens (including phenoxy) is 2. The van der Waals surface area contributed by atoms with E-state index in [-0.39, 0.29) is 0 Å². The lowest BCUT2D eigenvalue weighted by molar-refractivity contribution is 0.0322.